The minimum absolute atomic E-state index is 0.0477. The fraction of sp³-hybridized carbons (Fsp3) is 0.469. The van der Waals surface area contributed by atoms with Gasteiger partial charge in [0.2, 0.25) is 5.95 Å². The van der Waals surface area contributed by atoms with Crippen molar-refractivity contribution in [2.24, 2.45) is 0 Å². The Balaban J connectivity index is 1.14. The van der Waals surface area contributed by atoms with Gasteiger partial charge in [-0.25, -0.2) is 9.37 Å². The first-order chi connectivity index (χ1) is 21.4. The minimum atomic E-state index is -2.03. The van der Waals surface area contributed by atoms with E-state index >= 15 is 8.78 Å². The van der Waals surface area contributed by atoms with E-state index in [0.717, 1.165) is 37.0 Å². The number of rotatable bonds is 7. The van der Waals surface area contributed by atoms with Crippen molar-refractivity contribution in [3.05, 3.63) is 76.7 Å². The first-order valence-electron chi connectivity index (χ1n) is 15.5. The molecule has 0 spiro atoms. The van der Waals surface area contributed by atoms with E-state index in [-0.39, 0.29) is 22.1 Å². The summed E-state index contributed by atoms with van der Waals surface area (Å²) in [6, 6.07) is 7.07. The van der Waals surface area contributed by atoms with Crippen LogP contribution in [0.2, 0.25) is 23.2 Å². The molecule has 0 bridgehead atoms. The number of hydrogen-bond donors (Lipinski definition) is 1. The summed E-state index contributed by atoms with van der Waals surface area (Å²) in [7, 11) is -2.03. The van der Waals surface area contributed by atoms with E-state index in [4.69, 9.17) is 16.0 Å². The molecular formula is C32H37ClF2N8OSi. The summed E-state index contributed by atoms with van der Waals surface area (Å²) in [4.78, 5) is 14.7. The number of nitrogens with one attached hydrogen (secondary N) is 1. The van der Waals surface area contributed by atoms with Gasteiger partial charge in [-0.2, -0.15) is 9.07 Å². The average Bonchev–Trinajstić information content (AvgIpc) is 3.35. The topological polar surface area (TPSA) is 97.6 Å². The Hall–Kier alpha value is -3.32. The fourth-order valence-electron chi connectivity index (χ4n) is 6.51. The van der Waals surface area contributed by atoms with Crippen LogP contribution < -0.4 is 0 Å². The maximum Gasteiger partial charge on any atom is 0.238 e. The predicted molar refractivity (Wildman–Crippen MR) is 170 cm³/mol. The van der Waals surface area contributed by atoms with Crippen LogP contribution in [-0.4, -0.2) is 61.0 Å². The molecule has 2 unspecified atom stereocenters. The minimum Gasteiger partial charge on any atom is -0.406 e. The van der Waals surface area contributed by atoms with Crippen molar-refractivity contribution in [2.45, 2.75) is 88.7 Å². The van der Waals surface area contributed by atoms with Crippen LogP contribution in [-0.2, 0) is 10.0 Å². The normalized spacial score (nSPS) is 21.6. The fourth-order valence-corrected chi connectivity index (χ4v) is 8.26. The Morgan fingerprint density at radius 3 is 2.64 bits per heavy atom. The molecule has 236 valence electrons. The standard InChI is InChI=1S/C32H37ClF2N8OSi/c1-31(2,3)45(4,5)44-32(12-13-32)25-17-20(10-14-36-25)28-29(35)39-30(38-28)24-8-6-21-16-19(11-15-42(21)24)26-23(43-18-37-40-41-43)9-7-22(33)27(26)34/h7,9-11,14,17-18,21,24H,6,8,12-13,15-16H2,1-5H3,(H,38,39). The van der Waals surface area contributed by atoms with Crippen LogP contribution in [0.5, 0.6) is 0 Å². The van der Waals surface area contributed by atoms with Crippen molar-refractivity contribution >= 4 is 25.5 Å². The summed E-state index contributed by atoms with van der Waals surface area (Å²) in [5.41, 5.74) is 3.32. The predicted octanol–water partition coefficient (Wildman–Crippen LogP) is 7.38. The number of fused-ring (bicyclic) bond motifs is 1. The zero-order valence-corrected chi connectivity index (χ0v) is 27.9. The molecule has 0 radical (unpaired) electrons. The van der Waals surface area contributed by atoms with Gasteiger partial charge in [-0.3, -0.25) is 9.88 Å². The van der Waals surface area contributed by atoms with Crippen molar-refractivity contribution in [3.8, 4) is 16.9 Å². The molecular weight excluding hydrogens is 614 g/mol. The van der Waals surface area contributed by atoms with Crippen molar-refractivity contribution in [1.29, 1.82) is 0 Å². The lowest BCUT2D eigenvalue weighted by Gasteiger charge is -2.39. The lowest BCUT2D eigenvalue weighted by Crippen LogP contribution is -2.44. The largest absolute Gasteiger partial charge is 0.406 e. The van der Waals surface area contributed by atoms with Crippen molar-refractivity contribution in [1.82, 2.24) is 40.1 Å². The van der Waals surface area contributed by atoms with E-state index in [1.807, 2.05) is 18.2 Å². The molecule has 45 heavy (non-hydrogen) atoms. The highest BCUT2D eigenvalue weighted by Crippen LogP contribution is 2.54. The SMILES string of the molecule is CC(C)(C)[Si](C)(C)OC1(c2cc(-c3[nH]c(C4CCC5CC(c6c(-n7cnnn7)ccc(Cl)c6F)=CCN54)nc3F)ccn2)CC1. The van der Waals surface area contributed by atoms with E-state index < -0.39 is 25.7 Å². The second kappa shape index (κ2) is 10.9. The van der Waals surface area contributed by atoms with Crippen LogP contribution in [0.1, 0.15) is 76.0 Å². The van der Waals surface area contributed by atoms with Crippen LogP contribution >= 0.6 is 11.6 Å². The van der Waals surface area contributed by atoms with E-state index in [1.54, 1.807) is 12.3 Å². The molecule has 3 aliphatic rings. The number of halogens is 3. The maximum atomic E-state index is 15.5. The highest BCUT2D eigenvalue weighted by atomic mass is 35.5. The van der Waals surface area contributed by atoms with Crippen molar-refractivity contribution < 1.29 is 13.2 Å². The summed E-state index contributed by atoms with van der Waals surface area (Å²) < 4.78 is 39.2. The van der Waals surface area contributed by atoms with E-state index in [9.17, 15) is 0 Å². The molecule has 4 aromatic rings. The molecule has 1 saturated heterocycles. The number of aromatic nitrogens is 7. The summed E-state index contributed by atoms with van der Waals surface area (Å²) >= 11 is 6.20. The number of H-pyrrole nitrogens is 1. The Kier molecular flexibility index (Phi) is 7.34. The molecule has 2 aliphatic heterocycles. The van der Waals surface area contributed by atoms with Gasteiger partial charge in [0.25, 0.3) is 0 Å². The van der Waals surface area contributed by atoms with Gasteiger partial charge in [-0.05, 0) is 90.5 Å². The Morgan fingerprint density at radius 1 is 1.13 bits per heavy atom. The van der Waals surface area contributed by atoms with Crippen LogP contribution in [0.4, 0.5) is 8.78 Å². The third kappa shape index (κ3) is 5.35. The molecule has 1 aliphatic carbocycles. The highest BCUT2D eigenvalue weighted by Gasteiger charge is 2.53. The molecule has 1 aromatic carbocycles. The van der Waals surface area contributed by atoms with E-state index in [0.29, 0.717) is 41.3 Å². The quantitative estimate of drug-likeness (QED) is 0.208. The molecule has 2 fully saturated rings. The van der Waals surface area contributed by atoms with E-state index in [2.05, 4.69) is 69.2 Å². The average molecular weight is 651 g/mol. The molecule has 5 heterocycles. The zero-order valence-electron chi connectivity index (χ0n) is 26.1. The lowest BCUT2D eigenvalue weighted by molar-refractivity contribution is 0.154. The van der Waals surface area contributed by atoms with Crippen molar-refractivity contribution in [3.63, 3.8) is 0 Å². The van der Waals surface area contributed by atoms with Crippen LogP contribution in [0, 0.1) is 11.8 Å². The smallest absolute Gasteiger partial charge is 0.238 e. The molecule has 1 saturated carbocycles. The molecule has 9 nitrogen and oxygen atoms in total. The molecule has 3 aromatic heterocycles. The van der Waals surface area contributed by atoms with Gasteiger partial charge in [0.05, 0.1) is 28.0 Å². The Labute approximate surface area is 267 Å². The maximum absolute atomic E-state index is 15.5. The van der Waals surface area contributed by atoms with Gasteiger partial charge in [0.1, 0.15) is 17.8 Å². The number of hydrogen-bond acceptors (Lipinski definition) is 7. The third-order valence-corrected chi connectivity index (χ3v) is 14.9. The zero-order chi connectivity index (χ0) is 31.7. The number of benzene rings is 1. The van der Waals surface area contributed by atoms with Gasteiger partial charge in [0.15, 0.2) is 14.1 Å². The molecule has 1 N–H and O–H groups in total. The Morgan fingerprint density at radius 2 is 1.93 bits per heavy atom. The summed E-state index contributed by atoms with van der Waals surface area (Å²) in [6.07, 6.45) is 9.31. The first kappa shape index (κ1) is 30.3. The number of imidazole rings is 1. The summed E-state index contributed by atoms with van der Waals surface area (Å²) in [5.74, 6) is -0.417. The highest BCUT2D eigenvalue weighted by molar-refractivity contribution is 6.74. The molecule has 0 amide bonds. The second-order valence-corrected chi connectivity index (χ2v) is 19.1. The van der Waals surface area contributed by atoms with Crippen LogP contribution in [0.3, 0.4) is 0 Å². The van der Waals surface area contributed by atoms with Gasteiger partial charge in [-0.15, -0.1) is 5.10 Å². The first-order valence-corrected chi connectivity index (χ1v) is 18.7. The molecule has 2 atom stereocenters. The van der Waals surface area contributed by atoms with E-state index in [1.165, 1.54) is 17.1 Å². The Bertz CT molecular complexity index is 1780. The second-order valence-electron chi connectivity index (χ2n) is 14.0. The lowest BCUT2D eigenvalue weighted by atomic mass is 9.92. The van der Waals surface area contributed by atoms with Gasteiger partial charge < -0.3 is 9.41 Å². The molecule has 13 heteroatoms. The van der Waals surface area contributed by atoms with Crippen molar-refractivity contribution in [2.75, 3.05) is 6.54 Å². The summed E-state index contributed by atoms with van der Waals surface area (Å²) in [5, 5.41) is 11.5. The van der Waals surface area contributed by atoms with Crippen LogP contribution in [0.15, 0.2) is 42.9 Å². The van der Waals surface area contributed by atoms with Gasteiger partial charge in [0, 0.05) is 29.9 Å². The molecule has 7 rings (SSSR count). The number of nitrogens with zero attached hydrogens (tertiary/aromatic N) is 7. The van der Waals surface area contributed by atoms with Gasteiger partial charge in [-0.1, -0.05) is 38.4 Å². The summed E-state index contributed by atoms with van der Waals surface area (Å²) in [6.45, 7) is 11.8. The number of tetrazole rings is 1. The number of aromatic amines is 1. The third-order valence-electron chi connectivity index (χ3n) is 10.1. The van der Waals surface area contributed by atoms with Gasteiger partial charge >= 0.3 is 0 Å². The number of pyridine rings is 1. The monoisotopic (exact) mass is 650 g/mol. The van der Waals surface area contributed by atoms with Crippen LogP contribution in [0.25, 0.3) is 22.5 Å².